The van der Waals surface area contributed by atoms with E-state index in [2.05, 4.69) is 39.2 Å². The summed E-state index contributed by atoms with van der Waals surface area (Å²) in [5.41, 5.74) is 3.77. The Kier molecular flexibility index (Phi) is 17.9. The number of ether oxygens (including phenoxy) is 2. The second-order valence-corrected chi connectivity index (χ2v) is 8.28. The summed E-state index contributed by atoms with van der Waals surface area (Å²) < 4.78 is 11.1. The molecule has 0 saturated heterocycles. The molecule has 1 unspecified atom stereocenters. The number of carbonyl (C=O) groups excluding carboxylic acids is 1. The summed E-state index contributed by atoms with van der Waals surface area (Å²) in [4.78, 5) is 13.5. The molecule has 0 aromatic heterocycles. The molecule has 1 heterocycles. The SMILES string of the molecule is C=CN1C(C(CC)OC2CCCCC2)=C(C)C(C=O)=C/C1=C/C.CCCC.CCCOC. The maximum atomic E-state index is 11.5. The van der Waals surface area contributed by atoms with Gasteiger partial charge in [0.2, 0.25) is 0 Å². The van der Waals surface area contributed by atoms with Gasteiger partial charge in [-0.3, -0.25) is 4.79 Å². The van der Waals surface area contributed by atoms with E-state index in [4.69, 9.17) is 9.47 Å². The zero-order chi connectivity index (χ0) is 24.4. The quantitative estimate of drug-likeness (QED) is 0.339. The lowest BCUT2D eigenvalue weighted by molar-refractivity contribution is -0.104. The van der Waals surface area contributed by atoms with Crippen LogP contribution >= 0.6 is 0 Å². The highest BCUT2D eigenvalue weighted by Crippen LogP contribution is 2.34. The van der Waals surface area contributed by atoms with Crippen LogP contribution in [0.5, 0.6) is 0 Å². The molecule has 1 aliphatic heterocycles. The standard InChI is InChI=1S/C20H29NO2.C4H10O.C4H10/c1-5-17-13-16(14-22)15(4)20(21(17)7-3)19(6-2)23-18-11-9-8-10-12-18;1-3-4-5-2;1-3-4-2/h5,7,13-14,18-19H,3,6,8-12H2,1-2,4H3;3-4H2,1-2H3;3-4H2,1-2H3/b17-5-;;. The van der Waals surface area contributed by atoms with Crippen molar-refractivity contribution in [3.63, 3.8) is 0 Å². The Morgan fingerprint density at radius 1 is 1.12 bits per heavy atom. The molecular weight excluding hydrogens is 398 g/mol. The van der Waals surface area contributed by atoms with Gasteiger partial charge in [-0.05, 0) is 51.2 Å². The second kappa shape index (κ2) is 18.9. The molecule has 0 aromatic carbocycles. The van der Waals surface area contributed by atoms with Gasteiger partial charge in [0.15, 0.2) is 0 Å². The average molecular weight is 448 g/mol. The van der Waals surface area contributed by atoms with Crippen LogP contribution in [0.1, 0.15) is 99.3 Å². The molecular formula is C28H49NO3. The molecule has 1 saturated carbocycles. The van der Waals surface area contributed by atoms with Crippen LogP contribution in [0.25, 0.3) is 0 Å². The van der Waals surface area contributed by atoms with E-state index in [0.717, 1.165) is 61.1 Å². The van der Waals surface area contributed by atoms with Crippen molar-refractivity contribution in [1.29, 1.82) is 0 Å². The number of allylic oxidation sites excluding steroid dienone is 4. The number of hydrogen-bond acceptors (Lipinski definition) is 4. The molecule has 2 rings (SSSR count). The third kappa shape index (κ3) is 10.3. The van der Waals surface area contributed by atoms with E-state index >= 15 is 0 Å². The van der Waals surface area contributed by atoms with E-state index in [1.54, 1.807) is 7.11 Å². The van der Waals surface area contributed by atoms with Crippen LogP contribution in [-0.2, 0) is 14.3 Å². The van der Waals surface area contributed by atoms with Crippen molar-refractivity contribution in [2.24, 2.45) is 0 Å². The van der Waals surface area contributed by atoms with Gasteiger partial charge >= 0.3 is 0 Å². The van der Waals surface area contributed by atoms with Crippen molar-refractivity contribution >= 4 is 6.29 Å². The zero-order valence-corrected chi connectivity index (χ0v) is 21.9. The summed E-state index contributed by atoms with van der Waals surface area (Å²) >= 11 is 0. The van der Waals surface area contributed by atoms with Crippen molar-refractivity contribution < 1.29 is 14.3 Å². The summed E-state index contributed by atoms with van der Waals surface area (Å²) in [7, 11) is 1.71. The van der Waals surface area contributed by atoms with E-state index in [1.165, 1.54) is 32.1 Å². The van der Waals surface area contributed by atoms with Crippen molar-refractivity contribution in [2.75, 3.05) is 13.7 Å². The lowest BCUT2D eigenvalue weighted by Crippen LogP contribution is -2.34. The summed E-state index contributed by atoms with van der Waals surface area (Å²) in [6, 6.07) is 0. The average Bonchev–Trinajstić information content (AvgIpc) is 2.84. The highest BCUT2D eigenvalue weighted by atomic mass is 16.5. The van der Waals surface area contributed by atoms with E-state index in [1.807, 2.05) is 32.2 Å². The highest BCUT2D eigenvalue weighted by Gasteiger charge is 2.29. The van der Waals surface area contributed by atoms with Gasteiger partial charge in [-0.15, -0.1) is 0 Å². The van der Waals surface area contributed by atoms with E-state index in [-0.39, 0.29) is 6.10 Å². The number of rotatable bonds is 9. The number of aldehydes is 1. The van der Waals surface area contributed by atoms with E-state index in [0.29, 0.717) is 6.10 Å². The van der Waals surface area contributed by atoms with Gasteiger partial charge in [-0.1, -0.05) is 72.5 Å². The Labute approximate surface area is 198 Å². The number of nitrogens with zero attached hydrogens (tertiary/aromatic N) is 1. The number of methoxy groups -OCH3 is 1. The molecule has 32 heavy (non-hydrogen) atoms. The molecule has 0 N–H and O–H groups in total. The molecule has 4 nitrogen and oxygen atoms in total. The van der Waals surface area contributed by atoms with Crippen LogP contribution in [-0.4, -0.2) is 37.1 Å². The fraction of sp³-hybridized carbons (Fsp3) is 0.679. The highest BCUT2D eigenvalue weighted by molar-refractivity contribution is 5.82. The molecule has 0 aromatic rings. The van der Waals surface area contributed by atoms with Crippen LogP contribution < -0.4 is 0 Å². The van der Waals surface area contributed by atoms with Crippen LogP contribution in [0.3, 0.4) is 0 Å². The van der Waals surface area contributed by atoms with Crippen molar-refractivity contribution in [2.45, 2.75) is 112 Å². The van der Waals surface area contributed by atoms with Gasteiger partial charge in [0.05, 0.1) is 17.9 Å². The normalized spacial score (nSPS) is 18.8. The van der Waals surface area contributed by atoms with Crippen LogP contribution in [0, 0.1) is 0 Å². The fourth-order valence-electron chi connectivity index (χ4n) is 3.74. The molecule has 184 valence electrons. The topological polar surface area (TPSA) is 38.8 Å². The first kappa shape index (κ1) is 30.4. The Balaban J connectivity index is 0.000000906. The minimum Gasteiger partial charge on any atom is -0.385 e. The number of unbranched alkanes of at least 4 members (excludes halogenated alkanes) is 1. The molecule has 0 bridgehead atoms. The van der Waals surface area contributed by atoms with Gasteiger partial charge in [-0.25, -0.2) is 0 Å². The lowest BCUT2D eigenvalue weighted by atomic mass is 9.94. The van der Waals surface area contributed by atoms with Crippen molar-refractivity contribution in [1.82, 2.24) is 4.90 Å². The van der Waals surface area contributed by atoms with E-state index in [9.17, 15) is 4.79 Å². The molecule has 2 aliphatic rings. The predicted molar refractivity (Wildman–Crippen MR) is 137 cm³/mol. The third-order valence-corrected chi connectivity index (χ3v) is 5.76. The molecule has 1 aliphatic carbocycles. The maximum Gasteiger partial charge on any atom is 0.150 e. The monoisotopic (exact) mass is 447 g/mol. The Morgan fingerprint density at radius 2 is 1.75 bits per heavy atom. The van der Waals surface area contributed by atoms with Crippen molar-refractivity contribution in [3.8, 4) is 0 Å². The first-order valence-corrected chi connectivity index (χ1v) is 12.6. The fourth-order valence-corrected chi connectivity index (χ4v) is 3.74. The summed E-state index contributed by atoms with van der Waals surface area (Å²) in [6.45, 7) is 17.4. The first-order chi connectivity index (χ1) is 15.5. The number of carbonyl (C=O) groups is 1. The van der Waals surface area contributed by atoms with Gasteiger partial charge < -0.3 is 14.4 Å². The minimum absolute atomic E-state index is 0.00491. The Morgan fingerprint density at radius 3 is 2.12 bits per heavy atom. The molecule has 0 radical (unpaired) electrons. The van der Waals surface area contributed by atoms with Crippen LogP contribution in [0.15, 0.2) is 47.5 Å². The molecule has 1 atom stereocenters. The molecule has 0 amide bonds. The minimum atomic E-state index is -0.00491. The Bertz CT molecular complexity index is 608. The van der Waals surface area contributed by atoms with Crippen LogP contribution in [0.4, 0.5) is 0 Å². The summed E-state index contributed by atoms with van der Waals surface area (Å²) in [6.07, 6.45) is 17.8. The summed E-state index contributed by atoms with van der Waals surface area (Å²) in [5.74, 6) is 0. The third-order valence-electron chi connectivity index (χ3n) is 5.76. The van der Waals surface area contributed by atoms with Gasteiger partial charge in [-0.2, -0.15) is 0 Å². The van der Waals surface area contributed by atoms with Gasteiger partial charge in [0.25, 0.3) is 0 Å². The zero-order valence-electron chi connectivity index (χ0n) is 21.9. The lowest BCUT2D eigenvalue weighted by Gasteiger charge is -2.37. The largest absolute Gasteiger partial charge is 0.385 e. The molecule has 0 spiro atoms. The van der Waals surface area contributed by atoms with Crippen molar-refractivity contribution in [3.05, 3.63) is 47.5 Å². The molecule has 4 heteroatoms. The second-order valence-electron chi connectivity index (χ2n) is 8.28. The van der Waals surface area contributed by atoms with Gasteiger partial charge in [0, 0.05) is 31.2 Å². The first-order valence-electron chi connectivity index (χ1n) is 12.6. The predicted octanol–water partition coefficient (Wildman–Crippen LogP) is 7.73. The molecule has 1 fully saturated rings. The van der Waals surface area contributed by atoms with E-state index < -0.39 is 0 Å². The van der Waals surface area contributed by atoms with Crippen LogP contribution in [0.2, 0.25) is 0 Å². The number of hydrogen-bond donors (Lipinski definition) is 0. The smallest absolute Gasteiger partial charge is 0.150 e. The van der Waals surface area contributed by atoms with Gasteiger partial charge in [0.1, 0.15) is 6.29 Å². The maximum absolute atomic E-state index is 11.5. The summed E-state index contributed by atoms with van der Waals surface area (Å²) in [5, 5.41) is 0. The Hall–Kier alpha value is -1.65.